The third kappa shape index (κ3) is 3.75. The minimum absolute atomic E-state index is 0.361. The zero-order valence-corrected chi connectivity index (χ0v) is 12.0. The molecule has 0 fully saturated rings. The van der Waals surface area contributed by atoms with E-state index in [9.17, 15) is 4.79 Å². The fourth-order valence-electron chi connectivity index (χ4n) is 1.76. The van der Waals surface area contributed by atoms with Crippen molar-refractivity contribution in [3.05, 3.63) is 53.6 Å². The van der Waals surface area contributed by atoms with E-state index in [0.29, 0.717) is 17.3 Å². The maximum atomic E-state index is 11.5. The fourth-order valence-corrected chi connectivity index (χ4v) is 1.98. The number of nitrogens with one attached hydrogen (secondary N) is 1. The Bertz CT molecular complexity index is 584. The third-order valence-corrected chi connectivity index (χ3v) is 3.06. The molecule has 0 heterocycles. The third-order valence-electron chi connectivity index (χ3n) is 2.76. The molecule has 0 aromatic heterocycles. The van der Waals surface area contributed by atoms with Gasteiger partial charge in [0.1, 0.15) is 0 Å². The summed E-state index contributed by atoms with van der Waals surface area (Å²) >= 11 is 6.15. The van der Waals surface area contributed by atoms with Gasteiger partial charge in [-0.3, -0.25) is 0 Å². The topological polar surface area (TPSA) is 38.3 Å². The van der Waals surface area contributed by atoms with Crippen LogP contribution in [0, 0.1) is 0 Å². The fraction of sp³-hybridized carbons (Fsp3) is 0.188. The van der Waals surface area contributed by atoms with Crippen LogP contribution in [0.15, 0.2) is 48.5 Å². The molecular formula is C16H16ClNO2. The minimum atomic E-state index is -0.485. The summed E-state index contributed by atoms with van der Waals surface area (Å²) in [6, 6.07) is 15.3. The molecule has 3 nitrogen and oxygen atoms in total. The molecule has 0 unspecified atom stereocenters. The van der Waals surface area contributed by atoms with Gasteiger partial charge in [0.15, 0.2) is 5.75 Å². The summed E-state index contributed by atoms with van der Waals surface area (Å²) in [5.41, 5.74) is 2.05. The first-order valence-corrected chi connectivity index (χ1v) is 6.89. The van der Waals surface area contributed by atoms with E-state index in [0.717, 1.165) is 17.5 Å². The van der Waals surface area contributed by atoms with E-state index >= 15 is 0 Å². The summed E-state index contributed by atoms with van der Waals surface area (Å²) in [5.74, 6) is 0.361. The summed E-state index contributed by atoms with van der Waals surface area (Å²) in [7, 11) is 0. The highest BCUT2D eigenvalue weighted by atomic mass is 35.5. The van der Waals surface area contributed by atoms with Crippen molar-refractivity contribution in [3.8, 4) is 16.9 Å². The van der Waals surface area contributed by atoms with Gasteiger partial charge in [0.2, 0.25) is 0 Å². The van der Waals surface area contributed by atoms with Gasteiger partial charge in [0, 0.05) is 6.54 Å². The zero-order valence-electron chi connectivity index (χ0n) is 11.2. The van der Waals surface area contributed by atoms with Crippen LogP contribution >= 0.6 is 11.6 Å². The number of ether oxygens (including phenoxy) is 1. The van der Waals surface area contributed by atoms with Gasteiger partial charge < -0.3 is 10.1 Å². The number of hydrogen-bond acceptors (Lipinski definition) is 2. The Morgan fingerprint density at radius 3 is 2.55 bits per heavy atom. The minimum Gasteiger partial charge on any atom is -0.409 e. The average Bonchev–Trinajstić information content (AvgIpc) is 2.48. The van der Waals surface area contributed by atoms with E-state index in [1.807, 2.05) is 43.3 Å². The van der Waals surface area contributed by atoms with E-state index in [1.165, 1.54) is 0 Å². The number of amides is 1. The summed E-state index contributed by atoms with van der Waals surface area (Å²) in [6.07, 6.45) is 0.372. The van der Waals surface area contributed by atoms with Crippen molar-refractivity contribution < 1.29 is 9.53 Å². The second kappa shape index (κ2) is 6.96. The molecule has 0 aliphatic carbocycles. The average molecular weight is 290 g/mol. The van der Waals surface area contributed by atoms with Gasteiger partial charge in [0.05, 0.1) is 5.02 Å². The number of carbonyl (C=O) groups excluding carboxylic acids is 1. The van der Waals surface area contributed by atoms with Gasteiger partial charge in [0.25, 0.3) is 0 Å². The second-order valence-electron chi connectivity index (χ2n) is 4.33. The smallest absolute Gasteiger partial charge is 0.409 e. The standard InChI is InChI=1S/C16H16ClNO2/c1-2-10-18-16(19)20-15-9-8-13(11-14(15)17)12-6-4-3-5-7-12/h3-9,11H,2,10H2,1H3,(H,18,19). The first-order valence-electron chi connectivity index (χ1n) is 6.51. The highest BCUT2D eigenvalue weighted by molar-refractivity contribution is 6.32. The van der Waals surface area contributed by atoms with E-state index in [1.54, 1.807) is 12.1 Å². The molecule has 0 atom stereocenters. The molecule has 2 aromatic carbocycles. The van der Waals surface area contributed by atoms with Crippen LogP contribution in [0.3, 0.4) is 0 Å². The van der Waals surface area contributed by atoms with Crippen LogP contribution in [0.4, 0.5) is 4.79 Å². The van der Waals surface area contributed by atoms with Gasteiger partial charge in [-0.25, -0.2) is 4.79 Å². The van der Waals surface area contributed by atoms with Crippen LogP contribution in [0.2, 0.25) is 5.02 Å². The molecule has 0 radical (unpaired) electrons. The number of rotatable bonds is 4. The molecule has 0 aliphatic heterocycles. The number of benzene rings is 2. The predicted molar refractivity (Wildman–Crippen MR) is 81.2 cm³/mol. The molecule has 2 aromatic rings. The number of hydrogen-bond donors (Lipinski definition) is 1. The number of carbonyl (C=O) groups is 1. The van der Waals surface area contributed by atoms with Crippen LogP contribution in [0.5, 0.6) is 5.75 Å². The maximum Gasteiger partial charge on any atom is 0.412 e. The number of halogens is 1. The Hall–Kier alpha value is -2.00. The van der Waals surface area contributed by atoms with Crippen molar-refractivity contribution >= 4 is 17.7 Å². The maximum absolute atomic E-state index is 11.5. The molecule has 104 valence electrons. The molecule has 1 N–H and O–H groups in total. The molecule has 2 rings (SSSR count). The van der Waals surface area contributed by atoms with E-state index in [2.05, 4.69) is 5.32 Å². The van der Waals surface area contributed by atoms with Crippen molar-refractivity contribution in [3.63, 3.8) is 0 Å². The molecule has 0 spiro atoms. The van der Waals surface area contributed by atoms with Crippen molar-refractivity contribution in [2.24, 2.45) is 0 Å². The summed E-state index contributed by atoms with van der Waals surface area (Å²) in [6.45, 7) is 2.56. The Morgan fingerprint density at radius 2 is 1.90 bits per heavy atom. The van der Waals surface area contributed by atoms with E-state index < -0.39 is 6.09 Å². The molecular weight excluding hydrogens is 274 g/mol. The van der Waals surface area contributed by atoms with E-state index in [4.69, 9.17) is 16.3 Å². The summed E-state index contributed by atoms with van der Waals surface area (Å²) in [5, 5.41) is 3.05. The largest absolute Gasteiger partial charge is 0.412 e. The predicted octanol–water partition coefficient (Wildman–Crippen LogP) is 4.51. The molecule has 20 heavy (non-hydrogen) atoms. The highest BCUT2D eigenvalue weighted by Gasteiger charge is 2.08. The Balaban J connectivity index is 2.12. The first-order chi connectivity index (χ1) is 9.70. The van der Waals surface area contributed by atoms with Crippen molar-refractivity contribution in [1.82, 2.24) is 5.32 Å². The van der Waals surface area contributed by atoms with Crippen molar-refractivity contribution in [1.29, 1.82) is 0 Å². The molecule has 0 saturated heterocycles. The first kappa shape index (κ1) is 14.4. The SMILES string of the molecule is CCCNC(=O)Oc1ccc(-c2ccccc2)cc1Cl. The molecule has 0 saturated carbocycles. The lowest BCUT2D eigenvalue weighted by Crippen LogP contribution is -2.27. The second-order valence-corrected chi connectivity index (χ2v) is 4.73. The molecule has 1 amide bonds. The molecule has 0 bridgehead atoms. The Kier molecular flexibility index (Phi) is 5.02. The lowest BCUT2D eigenvalue weighted by molar-refractivity contribution is 0.200. The Labute approximate surface area is 123 Å². The normalized spacial score (nSPS) is 10.1. The lowest BCUT2D eigenvalue weighted by atomic mass is 10.1. The van der Waals surface area contributed by atoms with Crippen molar-refractivity contribution in [2.75, 3.05) is 6.54 Å². The highest BCUT2D eigenvalue weighted by Crippen LogP contribution is 2.30. The molecule has 4 heteroatoms. The summed E-state index contributed by atoms with van der Waals surface area (Å²) < 4.78 is 5.16. The van der Waals surface area contributed by atoms with Crippen LogP contribution in [0.25, 0.3) is 11.1 Å². The quantitative estimate of drug-likeness (QED) is 0.899. The van der Waals surface area contributed by atoms with Crippen LogP contribution in [-0.2, 0) is 0 Å². The van der Waals surface area contributed by atoms with Crippen LogP contribution in [0.1, 0.15) is 13.3 Å². The van der Waals surface area contributed by atoms with Gasteiger partial charge >= 0.3 is 6.09 Å². The van der Waals surface area contributed by atoms with E-state index in [-0.39, 0.29) is 0 Å². The Morgan fingerprint density at radius 1 is 1.15 bits per heavy atom. The van der Waals surface area contributed by atoms with Crippen LogP contribution in [-0.4, -0.2) is 12.6 Å². The van der Waals surface area contributed by atoms with Gasteiger partial charge in [-0.05, 0) is 29.7 Å². The monoisotopic (exact) mass is 289 g/mol. The van der Waals surface area contributed by atoms with Crippen LogP contribution < -0.4 is 10.1 Å². The van der Waals surface area contributed by atoms with Gasteiger partial charge in [-0.1, -0.05) is 54.9 Å². The lowest BCUT2D eigenvalue weighted by Gasteiger charge is -2.09. The van der Waals surface area contributed by atoms with Gasteiger partial charge in [-0.2, -0.15) is 0 Å². The van der Waals surface area contributed by atoms with Gasteiger partial charge in [-0.15, -0.1) is 0 Å². The molecule has 0 aliphatic rings. The summed E-state index contributed by atoms with van der Waals surface area (Å²) in [4.78, 5) is 11.5. The van der Waals surface area contributed by atoms with Crippen molar-refractivity contribution in [2.45, 2.75) is 13.3 Å². The zero-order chi connectivity index (χ0) is 14.4.